The number of rotatable bonds is 5. The van der Waals surface area contributed by atoms with Crippen molar-refractivity contribution >= 4 is 40.1 Å². The fourth-order valence-electron chi connectivity index (χ4n) is 3.16. The van der Waals surface area contributed by atoms with Crippen LogP contribution in [0.2, 0.25) is 10.0 Å². The molecule has 0 saturated heterocycles. The third-order valence-electron chi connectivity index (χ3n) is 4.58. The number of nitrogens with zero attached hydrogens (tertiary/aromatic N) is 2. The highest BCUT2D eigenvalue weighted by Gasteiger charge is 2.15. The van der Waals surface area contributed by atoms with Crippen LogP contribution in [0.4, 0.5) is 4.39 Å². The quantitative estimate of drug-likeness (QED) is 0.459. The van der Waals surface area contributed by atoms with Crippen LogP contribution in [-0.4, -0.2) is 15.5 Å². The van der Waals surface area contributed by atoms with E-state index in [4.69, 9.17) is 23.2 Å². The van der Waals surface area contributed by atoms with Gasteiger partial charge in [-0.3, -0.25) is 4.79 Å². The third kappa shape index (κ3) is 4.11. The lowest BCUT2D eigenvalue weighted by atomic mass is 10.2. The summed E-state index contributed by atoms with van der Waals surface area (Å²) in [7, 11) is 0. The highest BCUT2D eigenvalue weighted by atomic mass is 35.5. The molecule has 0 fully saturated rings. The molecule has 0 aliphatic carbocycles. The largest absolute Gasteiger partial charge is 0.345 e. The summed E-state index contributed by atoms with van der Waals surface area (Å²) in [6, 6.07) is 19.0. The molecule has 1 heterocycles. The molecule has 0 radical (unpaired) electrons. The molecule has 0 unspecified atom stereocenters. The van der Waals surface area contributed by atoms with Gasteiger partial charge in [-0.1, -0.05) is 53.5 Å². The minimum atomic E-state index is -0.561. The van der Waals surface area contributed by atoms with Crippen LogP contribution in [0, 0.1) is 5.82 Å². The predicted octanol–water partition coefficient (Wildman–Crippen LogP) is 5.46. The van der Waals surface area contributed by atoms with Gasteiger partial charge in [0.05, 0.1) is 33.2 Å². The number of nitrogens with one attached hydrogen (secondary N) is 1. The van der Waals surface area contributed by atoms with Gasteiger partial charge in [-0.15, -0.1) is 0 Å². The van der Waals surface area contributed by atoms with E-state index >= 15 is 0 Å². The maximum Gasteiger partial charge on any atom is 0.254 e. The highest BCUT2D eigenvalue weighted by Crippen LogP contribution is 2.24. The normalized spacial score (nSPS) is 11.0. The molecule has 146 valence electrons. The van der Waals surface area contributed by atoms with Crippen LogP contribution < -0.4 is 5.32 Å². The van der Waals surface area contributed by atoms with Gasteiger partial charge in [0.2, 0.25) is 0 Å². The van der Waals surface area contributed by atoms with Gasteiger partial charge in [-0.05, 0) is 42.0 Å². The van der Waals surface area contributed by atoms with Crippen molar-refractivity contribution in [3.05, 3.63) is 99.5 Å². The van der Waals surface area contributed by atoms with Gasteiger partial charge < -0.3 is 9.88 Å². The van der Waals surface area contributed by atoms with Gasteiger partial charge in [0, 0.05) is 6.54 Å². The predicted molar refractivity (Wildman–Crippen MR) is 113 cm³/mol. The minimum absolute atomic E-state index is 0.000329. The van der Waals surface area contributed by atoms with Gasteiger partial charge in [-0.25, -0.2) is 9.37 Å². The first kappa shape index (κ1) is 19.4. The number of amides is 1. The number of hydrogen-bond acceptors (Lipinski definition) is 2. The zero-order valence-electron chi connectivity index (χ0n) is 15.2. The second-order valence-electron chi connectivity index (χ2n) is 6.51. The van der Waals surface area contributed by atoms with Crippen molar-refractivity contribution in [3.63, 3.8) is 0 Å². The molecule has 1 amide bonds. The SMILES string of the molecule is O=C(NCc1nc2ccccc2n1Cc1ccc(Cl)c(Cl)c1)c1ccccc1F. The Morgan fingerprint density at radius 2 is 1.76 bits per heavy atom. The van der Waals surface area contributed by atoms with Crippen LogP contribution in [0.5, 0.6) is 0 Å². The topological polar surface area (TPSA) is 46.9 Å². The van der Waals surface area contributed by atoms with E-state index in [0.717, 1.165) is 16.6 Å². The summed E-state index contributed by atoms with van der Waals surface area (Å²) in [6.07, 6.45) is 0. The van der Waals surface area contributed by atoms with E-state index in [0.29, 0.717) is 22.4 Å². The Labute approximate surface area is 176 Å². The summed E-state index contributed by atoms with van der Waals surface area (Å²) in [5, 5.41) is 3.72. The number of carbonyl (C=O) groups excluding carboxylic acids is 1. The first-order valence-electron chi connectivity index (χ1n) is 8.94. The van der Waals surface area contributed by atoms with Crippen molar-refractivity contribution in [2.45, 2.75) is 13.1 Å². The second-order valence-corrected chi connectivity index (χ2v) is 7.33. The molecule has 1 aromatic heterocycles. The van der Waals surface area contributed by atoms with Crippen LogP contribution in [0.25, 0.3) is 11.0 Å². The summed E-state index contributed by atoms with van der Waals surface area (Å²) in [5.41, 5.74) is 2.68. The number of aromatic nitrogens is 2. The zero-order chi connectivity index (χ0) is 20.4. The summed E-state index contributed by atoms with van der Waals surface area (Å²) in [5.74, 6) is -0.396. The number of hydrogen-bond donors (Lipinski definition) is 1. The Kier molecular flexibility index (Phi) is 5.51. The smallest absolute Gasteiger partial charge is 0.254 e. The van der Waals surface area contributed by atoms with E-state index in [9.17, 15) is 9.18 Å². The average Bonchev–Trinajstić information content (AvgIpc) is 3.07. The number of carbonyl (C=O) groups is 1. The van der Waals surface area contributed by atoms with Gasteiger partial charge in [0.25, 0.3) is 5.91 Å². The number of para-hydroxylation sites is 2. The number of fused-ring (bicyclic) bond motifs is 1. The van der Waals surface area contributed by atoms with Crippen LogP contribution in [0.1, 0.15) is 21.7 Å². The maximum absolute atomic E-state index is 13.9. The van der Waals surface area contributed by atoms with Crippen molar-refractivity contribution in [2.24, 2.45) is 0 Å². The molecule has 1 N–H and O–H groups in total. The summed E-state index contributed by atoms with van der Waals surface area (Å²) < 4.78 is 15.9. The molecule has 0 aliphatic rings. The zero-order valence-corrected chi connectivity index (χ0v) is 16.7. The summed E-state index contributed by atoms with van der Waals surface area (Å²) >= 11 is 12.2. The van der Waals surface area contributed by atoms with E-state index in [-0.39, 0.29) is 12.1 Å². The highest BCUT2D eigenvalue weighted by molar-refractivity contribution is 6.42. The lowest BCUT2D eigenvalue weighted by molar-refractivity contribution is 0.0945. The van der Waals surface area contributed by atoms with E-state index in [1.165, 1.54) is 12.1 Å². The molecule has 0 spiro atoms. The standard InChI is InChI=1S/C22H16Cl2FN3O/c23-16-10-9-14(11-17(16)24)13-28-20-8-4-3-7-19(20)27-21(28)12-26-22(29)15-5-1-2-6-18(15)25/h1-11H,12-13H2,(H,26,29). The van der Waals surface area contributed by atoms with Crippen molar-refractivity contribution < 1.29 is 9.18 Å². The van der Waals surface area contributed by atoms with Crippen LogP contribution in [0.3, 0.4) is 0 Å². The van der Waals surface area contributed by atoms with E-state index in [2.05, 4.69) is 10.3 Å². The number of imidazole rings is 1. The molecular formula is C22H16Cl2FN3O. The Bertz CT molecular complexity index is 1210. The number of benzene rings is 3. The third-order valence-corrected chi connectivity index (χ3v) is 5.32. The Balaban J connectivity index is 1.63. The Hall–Kier alpha value is -2.89. The fraction of sp³-hybridized carbons (Fsp3) is 0.0909. The van der Waals surface area contributed by atoms with Crippen LogP contribution >= 0.6 is 23.2 Å². The molecule has 4 rings (SSSR count). The van der Waals surface area contributed by atoms with E-state index in [1.54, 1.807) is 24.3 Å². The Morgan fingerprint density at radius 3 is 2.55 bits per heavy atom. The molecule has 0 saturated carbocycles. The molecule has 3 aromatic carbocycles. The monoisotopic (exact) mass is 427 g/mol. The first-order chi connectivity index (χ1) is 14.0. The van der Waals surface area contributed by atoms with Gasteiger partial charge in [-0.2, -0.15) is 0 Å². The fourth-order valence-corrected chi connectivity index (χ4v) is 3.48. The summed E-state index contributed by atoms with van der Waals surface area (Å²) in [6.45, 7) is 0.658. The summed E-state index contributed by atoms with van der Waals surface area (Å²) in [4.78, 5) is 17.0. The molecule has 0 atom stereocenters. The lowest BCUT2D eigenvalue weighted by Crippen LogP contribution is -2.25. The van der Waals surface area contributed by atoms with Gasteiger partial charge >= 0.3 is 0 Å². The number of halogens is 3. The molecule has 4 nitrogen and oxygen atoms in total. The maximum atomic E-state index is 13.9. The van der Waals surface area contributed by atoms with E-state index < -0.39 is 11.7 Å². The van der Waals surface area contributed by atoms with Crippen molar-refractivity contribution in [1.29, 1.82) is 0 Å². The van der Waals surface area contributed by atoms with Crippen molar-refractivity contribution in [3.8, 4) is 0 Å². The molecular weight excluding hydrogens is 412 g/mol. The average molecular weight is 428 g/mol. The lowest BCUT2D eigenvalue weighted by Gasteiger charge is -2.11. The van der Waals surface area contributed by atoms with Gasteiger partial charge in [0.15, 0.2) is 0 Å². The van der Waals surface area contributed by atoms with Crippen LogP contribution in [-0.2, 0) is 13.1 Å². The molecule has 29 heavy (non-hydrogen) atoms. The Morgan fingerprint density at radius 1 is 1.00 bits per heavy atom. The molecule has 0 aliphatic heterocycles. The van der Waals surface area contributed by atoms with Gasteiger partial charge in [0.1, 0.15) is 11.6 Å². The van der Waals surface area contributed by atoms with Crippen molar-refractivity contribution in [2.75, 3.05) is 0 Å². The van der Waals surface area contributed by atoms with E-state index in [1.807, 2.05) is 34.9 Å². The second kappa shape index (κ2) is 8.23. The van der Waals surface area contributed by atoms with Crippen molar-refractivity contribution in [1.82, 2.24) is 14.9 Å². The molecule has 4 aromatic rings. The molecule has 0 bridgehead atoms. The van der Waals surface area contributed by atoms with Crippen LogP contribution in [0.15, 0.2) is 66.7 Å². The molecule has 7 heteroatoms. The first-order valence-corrected chi connectivity index (χ1v) is 9.69. The minimum Gasteiger partial charge on any atom is -0.345 e.